The van der Waals surface area contributed by atoms with Gasteiger partial charge in [-0.2, -0.15) is 0 Å². The number of hydrogen-bond donors (Lipinski definition) is 4. The first-order valence-electron chi connectivity index (χ1n) is 30.1. The van der Waals surface area contributed by atoms with Crippen LogP contribution in [-0.2, 0) is 70.1 Å². The van der Waals surface area contributed by atoms with Gasteiger partial charge in [0.25, 0.3) is 5.91 Å². The number of fused-ring (bicyclic) bond motifs is 5. The predicted octanol–water partition coefficient (Wildman–Crippen LogP) is 7.10. The molecular weight excluding hydrogens is 1200 g/mol. The van der Waals surface area contributed by atoms with Crippen molar-refractivity contribution in [2.24, 2.45) is 29.4 Å². The van der Waals surface area contributed by atoms with E-state index in [1.807, 2.05) is 13.0 Å². The Labute approximate surface area is 529 Å². The fourth-order valence-corrected chi connectivity index (χ4v) is 12.3. The number of methoxy groups -OCH3 is 2. The highest BCUT2D eigenvalue weighted by Gasteiger charge is 2.64. The number of carbonyl (C=O) groups excluding carboxylic acids is 10. The van der Waals surface area contributed by atoms with Crippen LogP contribution in [0.4, 0.5) is 14.9 Å². The van der Waals surface area contributed by atoms with Crippen molar-refractivity contribution in [2.75, 3.05) is 46.3 Å². The van der Waals surface area contributed by atoms with Crippen LogP contribution in [0.2, 0.25) is 10.0 Å². The molecule has 4 bridgehead atoms. The number of rotatable bonds is 24. The summed E-state index contributed by atoms with van der Waals surface area (Å²) in [5.74, 6) is -7.95. The van der Waals surface area contributed by atoms with Crippen molar-refractivity contribution in [3.63, 3.8) is 0 Å². The molecule has 6 rings (SSSR count). The van der Waals surface area contributed by atoms with E-state index >= 15 is 4.39 Å². The molecule has 2 aromatic rings. The molecule has 11 atom stereocenters. The molecule has 4 aliphatic heterocycles. The van der Waals surface area contributed by atoms with E-state index in [4.69, 9.17) is 52.6 Å². The number of carbonyl (C=O) groups is 10. The molecule has 22 nitrogen and oxygen atoms in total. The predicted molar refractivity (Wildman–Crippen MR) is 327 cm³/mol. The normalized spacial score (nSPS) is 25.8. The Morgan fingerprint density at radius 3 is 2.33 bits per heavy atom. The lowest BCUT2D eigenvalue weighted by Crippen LogP contribution is -2.53. The average Bonchev–Trinajstić information content (AvgIpc) is 1.60. The zero-order valence-corrected chi connectivity index (χ0v) is 54.1. The highest BCUT2D eigenvalue weighted by atomic mass is 35.5. The van der Waals surface area contributed by atoms with Gasteiger partial charge in [-0.05, 0) is 94.2 Å². The standard InChI is InChI=1S/C64H85Cl2FN6O16/c1-34(2)42(29-41(74)18-13-12-14-22-73-54(77)24-36(4)59(73)80)58(79)70-46(19-16-21-69-62(68)83)48(75)28-40-27-44(65)43(30-45(40)67)60(81)71(8)38(6)61(82)88-52-31-53(76)72(9)47-25-39(26-49(85-10)56(47)66)23-35(3)17-15-20-51(86-11)64(84)32-50(87-55(78)33-64)37(5)57-63(52,7)89-57/h15,17,20,25-27,30,34,36-38,42,46,50-52,57,84H,12-14,16,18-19,21-24,28-29,31-33H2,1-11H3,(H,70,79)(H3,68,69,83)/b20-15+,35-17+/t36?,37-,38+,42+,46+,50+,51-,52+,57+,63+,64-/m1/s1. The molecule has 5 N–H and O–H groups in total. The number of imide groups is 1. The Bertz CT molecular complexity index is 3100. The summed E-state index contributed by atoms with van der Waals surface area (Å²) in [5.41, 5.74) is 3.41. The maximum Gasteiger partial charge on any atom is 0.328 e. The van der Waals surface area contributed by atoms with Crippen LogP contribution in [0.25, 0.3) is 0 Å². The molecule has 7 amide bonds. The molecule has 0 aromatic heterocycles. The molecule has 0 aliphatic carbocycles. The first-order valence-corrected chi connectivity index (χ1v) is 30.9. The number of anilines is 1. The lowest BCUT2D eigenvalue weighted by Gasteiger charge is -2.41. The topological polar surface area (TPSA) is 300 Å². The molecule has 0 saturated carbocycles. The summed E-state index contributed by atoms with van der Waals surface area (Å²) < 4.78 is 46.0. The number of urea groups is 1. The number of likely N-dealkylation sites (N-methyl/N-ethyl adjacent to an activating group) is 1. The number of amides is 7. The average molecular weight is 1280 g/mol. The zero-order valence-electron chi connectivity index (χ0n) is 52.5. The summed E-state index contributed by atoms with van der Waals surface area (Å²) in [6.45, 7) is 12.1. The molecule has 3 fully saturated rings. The summed E-state index contributed by atoms with van der Waals surface area (Å²) in [5, 5.41) is 17.1. The summed E-state index contributed by atoms with van der Waals surface area (Å²) in [6, 6.07) is 1.92. The largest absolute Gasteiger partial charge is 0.495 e. The second-order valence-corrected chi connectivity index (χ2v) is 25.4. The molecule has 3 saturated heterocycles. The number of aliphatic hydroxyl groups is 1. The molecule has 0 spiro atoms. The quantitative estimate of drug-likeness (QED) is 0.0352. The number of unbranched alkanes of at least 4 members (excludes halogenated alkanes) is 2. The molecule has 488 valence electrons. The van der Waals surface area contributed by atoms with Gasteiger partial charge < -0.3 is 55.0 Å². The molecule has 4 heterocycles. The summed E-state index contributed by atoms with van der Waals surface area (Å²) in [7, 11) is 5.62. The van der Waals surface area contributed by atoms with E-state index in [1.54, 1.807) is 58.9 Å². The molecule has 4 aliphatic rings. The van der Waals surface area contributed by atoms with Crippen molar-refractivity contribution >= 4 is 88.0 Å². The monoisotopic (exact) mass is 1280 g/mol. The van der Waals surface area contributed by atoms with Gasteiger partial charge in [0.2, 0.25) is 23.6 Å². The molecular formula is C64H85Cl2FN6O16. The van der Waals surface area contributed by atoms with E-state index in [9.17, 15) is 53.1 Å². The lowest BCUT2D eigenvalue weighted by atomic mass is 9.78. The van der Waals surface area contributed by atoms with Crippen LogP contribution >= 0.6 is 23.2 Å². The van der Waals surface area contributed by atoms with Crippen LogP contribution in [-0.4, -0.2) is 163 Å². The van der Waals surface area contributed by atoms with Gasteiger partial charge in [-0.15, -0.1) is 0 Å². The van der Waals surface area contributed by atoms with Crippen molar-refractivity contribution in [1.82, 2.24) is 20.4 Å². The number of Topliss-reactive ketones (excluding diaryl/α,β-unsaturated/α-hetero) is 2. The maximum atomic E-state index is 16.3. The number of epoxide rings is 1. The summed E-state index contributed by atoms with van der Waals surface area (Å²) in [4.78, 5) is 137. The highest BCUT2D eigenvalue weighted by Crippen LogP contribution is 2.50. The Kier molecular flexibility index (Phi) is 24.7. The third kappa shape index (κ3) is 17.8. The van der Waals surface area contributed by atoms with Crippen molar-refractivity contribution < 1.29 is 81.1 Å². The highest BCUT2D eigenvalue weighted by molar-refractivity contribution is 6.35. The van der Waals surface area contributed by atoms with Crippen molar-refractivity contribution in [2.45, 2.75) is 180 Å². The fourth-order valence-electron chi connectivity index (χ4n) is 11.8. The summed E-state index contributed by atoms with van der Waals surface area (Å²) >= 11 is 13.5. The first kappa shape index (κ1) is 71.3. The Balaban J connectivity index is 1.17. The van der Waals surface area contributed by atoms with E-state index in [2.05, 4.69) is 10.6 Å². The number of nitrogens with zero attached hydrogens (tertiary/aromatic N) is 3. The minimum Gasteiger partial charge on any atom is -0.495 e. The molecule has 2 aromatic carbocycles. The molecule has 0 radical (unpaired) electrons. The van der Waals surface area contributed by atoms with Crippen molar-refractivity contribution in [3.8, 4) is 5.75 Å². The third-order valence-corrected chi connectivity index (χ3v) is 18.2. The van der Waals surface area contributed by atoms with Gasteiger partial charge in [0.15, 0.2) is 5.78 Å². The van der Waals surface area contributed by atoms with Crippen LogP contribution in [0, 0.1) is 29.5 Å². The lowest BCUT2D eigenvalue weighted by molar-refractivity contribution is -0.187. The van der Waals surface area contributed by atoms with Crippen LogP contribution in [0.5, 0.6) is 5.75 Å². The van der Waals surface area contributed by atoms with E-state index in [1.165, 1.54) is 45.0 Å². The second-order valence-electron chi connectivity index (χ2n) is 24.6. The minimum absolute atomic E-state index is 0.0193. The van der Waals surface area contributed by atoms with Crippen molar-refractivity contribution in [1.29, 1.82) is 0 Å². The Morgan fingerprint density at radius 1 is 0.978 bits per heavy atom. The number of esters is 2. The van der Waals surface area contributed by atoms with Crippen LogP contribution in [0.3, 0.4) is 0 Å². The van der Waals surface area contributed by atoms with Crippen LogP contribution in [0.15, 0.2) is 48.1 Å². The van der Waals surface area contributed by atoms with Gasteiger partial charge in [0.05, 0.1) is 48.4 Å². The number of nitrogens with one attached hydrogen (secondary N) is 2. The molecule has 1 unspecified atom stereocenters. The number of likely N-dealkylation sites (tertiary alicyclic amines) is 1. The smallest absolute Gasteiger partial charge is 0.328 e. The SMILES string of the molecule is COc1cc2cc(c1Cl)N(C)C(=O)C[C@H](OC(=O)[C@H](C)N(C)C(=O)c1cc(F)c(CC(=O)[C@H](CCCNC(N)=O)NC(=O)[C@@H](CC(=O)CCCCCN3C(=O)CC(C)C3=O)C(C)C)cc1Cl)[C@]1(C)O[C@H]1[C@H](C)[C@@H]1C[C@@](O)(CC(=O)O1)[C@H](OC)/C=C/C=C(\C)C2. The van der Waals surface area contributed by atoms with E-state index in [-0.39, 0.29) is 120 Å². The van der Waals surface area contributed by atoms with Gasteiger partial charge in [0, 0.05) is 84.2 Å². The van der Waals surface area contributed by atoms with E-state index in [0.29, 0.717) is 25.7 Å². The third-order valence-electron chi connectivity index (χ3n) is 17.5. The van der Waals surface area contributed by atoms with Gasteiger partial charge in [-0.1, -0.05) is 81.1 Å². The molecule has 25 heteroatoms. The fraction of sp³-hybridized carbons (Fsp3) is 0.594. The first-order chi connectivity index (χ1) is 41.8. The van der Waals surface area contributed by atoms with E-state index < -0.39 is 120 Å². The van der Waals surface area contributed by atoms with E-state index in [0.717, 1.165) is 28.2 Å². The number of ketones is 2. The van der Waals surface area contributed by atoms with Gasteiger partial charge in [-0.25, -0.2) is 14.0 Å². The number of allylic oxidation sites excluding steroid dienone is 3. The molecule has 89 heavy (non-hydrogen) atoms. The number of halogens is 3. The number of hydrogen-bond acceptors (Lipinski definition) is 16. The number of nitrogens with two attached hydrogens (primary N) is 1. The van der Waals surface area contributed by atoms with Gasteiger partial charge >= 0.3 is 18.0 Å². The second kappa shape index (κ2) is 30.8. The summed E-state index contributed by atoms with van der Waals surface area (Å²) in [6.07, 6.45) is 1.97. The zero-order chi connectivity index (χ0) is 66.0. The number of ether oxygens (including phenoxy) is 5. The van der Waals surface area contributed by atoms with Gasteiger partial charge in [0.1, 0.15) is 57.9 Å². The van der Waals surface area contributed by atoms with Crippen molar-refractivity contribution in [3.05, 3.63) is 80.6 Å². The number of primary amides is 1. The Morgan fingerprint density at radius 2 is 1.69 bits per heavy atom. The van der Waals surface area contributed by atoms with Crippen LogP contribution in [0.1, 0.15) is 141 Å². The number of benzene rings is 2. The van der Waals surface area contributed by atoms with Crippen LogP contribution < -0.4 is 26.0 Å². The van der Waals surface area contributed by atoms with Gasteiger partial charge in [-0.3, -0.25) is 43.3 Å². The Hall–Kier alpha value is -6.79. The minimum atomic E-state index is -1.70. The maximum absolute atomic E-state index is 16.3.